The van der Waals surface area contributed by atoms with Gasteiger partial charge in [0.1, 0.15) is 0 Å². The number of unbranched alkanes of at least 4 members (excludes halogenated alkanes) is 3. The summed E-state index contributed by atoms with van der Waals surface area (Å²) in [5.41, 5.74) is 0. The maximum Gasteiger partial charge on any atom is -0.00934 e. The third-order valence-electron chi connectivity index (χ3n) is 1.44. The Morgan fingerprint density at radius 3 is 2.25 bits per heavy atom. The van der Waals surface area contributed by atoms with Crippen LogP contribution >= 0.6 is 11.3 Å². The molecule has 1 heterocycles. The lowest BCUT2D eigenvalue weighted by Crippen LogP contribution is -1.67. The lowest BCUT2D eigenvalue weighted by Gasteiger charge is -1.87. The Kier molecular flexibility index (Phi) is 9.95. The summed E-state index contributed by atoms with van der Waals surface area (Å²) in [5, 5.41) is 4.08. The highest BCUT2D eigenvalue weighted by molar-refractivity contribution is 7.07. The molecule has 0 unspecified atom stereocenters. The summed E-state index contributed by atoms with van der Waals surface area (Å²) in [6, 6.07) is 4.04. The van der Waals surface area contributed by atoms with Crippen molar-refractivity contribution in [2.24, 2.45) is 0 Å². The first-order valence-electron chi connectivity index (χ1n) is 4.50. The second-order valence-electron chi connectivity index (χ2n) is 2.58. The highest BCUT2D eigenvalue weighted by atomic mass is 32.1. The monoisotopic (exact) mass is 182 g/mol. The molecule has 0 saturated carbocycles. The summed E-state index contributed by atoms with van der Waals surface area (Å²) < 4.78 is 0. The summed E-state index contributed by atoms with van der Waals surface area (Å²) in [6.45, 7) is 5.84. The maximum absolute atomic E-state index is 3.63. The van der Waals surface area contributed by atoms with Gasteiger partial charge in [-0.15, -0.1) is 6.58 Å². The first kappa shape index (κ1) is 11.4. The molecule has 0 amide bonds. The van der Waals surface area contributed by atoms with Gasteiger partial charge in [-0.05, 0) is 23.6 Å². The number of rotatable bonds is 4. The Labute approximate surface area is 79.9 Å². The fourth-order valence-electron chi connectivity index (χ4n) is 0.765. The first-order valence-corrected chi connectivity index (χ1v) is 5.44. The van der Waals surface area contributed by atoms with Crippen LogP contribution in [0.1, 0.15) is 32.6 Å². The average Bonchev–Trinajstić information content (AvgIpc) is 2.62. The van der Waals surface area contributed by atoms with E-state index in [0.717, 1.165) is 0 Å². The van der Waals surface area contributed by atoms with Crippen molar-refractivity contribution in [2.45, 2.75) is 32.6 Å². The largest absolute Gasteiger partial charge is 0.152 e. The summed E-state index contributed by atoms with van der Waals surface area (Å²) in [7, 11) is 0. The molecule has 12 heavy (non-hydrogen) atoms. The molecule has 0 spiro atoms. The van der Waals surface area contributed by atoms with Gasteiger partial charge in [-0.1, -0.05) is 38.0 Å². The normalized spacial score (nSPS) is 8.42. The van der Waals surface area contributed by atoms with Crippen molar-refractivity contribution in [3.63, 3.8) is 0 Å². The molecule has 1 heteroatoms. The van der Waals surface area contributed by atoms with Gasteiger partial charge in [0.2, 0.25) is 0 Å². The predicted molar refractivity (Wildman–Crippen MR) is 58.7 cm³/mol. The summed E-state index contributed by atoms with van der Waals surface area (Å²) in [4.78, 5) is 0. The van der Waals surface area contributed by atoms with Gasteiger partial charge in [0.05, 0.1) is 0 Å². The van der Waals surface area contributed by atoms with E-state index in [1.807, 2.05) is 29.0 Å². The van der Waals surface area contributed by atoms with Crippen molar-refractivity contribution in [1.29, 1.82) is 0 Å². The highest BCUT2D eigenvalue weighted by Crippen LogP contribution is 1.97. The Hall–Kier alpha value is -0.560. The van der Waals surface area contributed by atoms with E-state index in [1.54, 1.807) is 11.3 Å². The smallest absolute Gasteiger partial charge is 0.00934 e. The van der Waals surface area contributed by atoms with Crippen molar-refractivity contribution in [1.82, 2.24) is 0 Å². The van der Waals surface area contributed by atoms with E-state index in [9.17, 15) is 0 Å². The topological polar surface area (TPSA) is 0 Å². The van der Waals surface area contributed by atoms with Crippen molar-refractivity contribution in [3.8, 4) is 0 Å². The fourth-order valence-corrected chi connectivity index (χ4v) is 1.22. The zero-order chi connectivity index (χ0) is 9.07. The zero-order valence-corrected chi connectivity index (χ0v) is 8.65. The summed E-state index contributed by atoms with van der Waals surface area (Å²) >= 11 is 1.71. The van der Waals surface area contributed by atoms with E-state index < -0.39 is 0 Å². The number of hydrogen-bond acceptors (Lipinski definition) is 1. The van der Waals surface area contributed by atoms with Crippen LogP contribution in [0.25, 0.3) is 0 Å². The van der Waals surface area contributed by atoms with Crippen LogP contribution in [0.2, 0.25) is 0 Å². The molecule has 1 aromatic rings. The van der Waals surface area contributed by atoms with Gasteiger partial charge in [0.25, 0.3) is 0 Å². The predicted octanol–water partition coefficient (Wildman–Crippen LogP) is 4.50. The molecular formula is C11H18S. The van der Waals surface area contributed by atoms with Crippen LogP contribution in [0.5, 0.6) is 0 Å². The fraction of sp³-hybridized carbons (Fsp3) is 0.455. The SMILES string of the molecule is C=CCCCCC.c1ccsc1. The standard InChI is InChI=1S/C7H14.C4H4S/c1-3-5-7-6-4-2;1-2-4-5-3-1/h3H,1,4-7H2,2H3;1-4H. The van der Waals surface area contributed by atoms with Crippen LogP contribution in [-0.4, -0.2) is 0 Å². The molecule has 0 atom stereocenters. The second kappa shape index (κ2) is 10.4. The maximum atomic E-state index is 3.63. The van der Waals surface area contributed by atoms with Gasteiger partial charge in [-0.25, -0.2) is 0 Å². The van der Waals surface area contributed by atoms with Gasteiger partial charge in [0.15, 0.2) is 0 Å². The minimum atomic E-state index is 1.19. The van der Waals surface area contributed by atoms with Crippen molar-refractivity contribution in [2.75, 3.05) is 0 Å². The number of thiophene rings is 1. The lowest BCUT2D eigenvalue weighted by molar-refractivity contribution is 0.730. The Balaban J connectivity index is 0.000000211. The van der Waals surface area contributed by atoms with Gasteiger partial charge in [-0.2, -0.15) is 11.3 Å². The van der Waals surface area contributed by atoms with Crippen molar-refractivity contribution in [3.05, 3.63) is 35.5 Å². The average molecular weight is 182 g/mol. The van der Waals surface area contributed by atoms with Crippen LogP contribution in [0, 0.1) is 0 Å². The molecule has 0 fully saturated rings. The summed E-state index contributed by atoms with van der Waals surface area (Å²) in [5.74, 6) is 0. The molecule has 0 N–H and O–H groups in total. The van der Waals surface area contributed by atoms with Crippen LogP contribution in [0.4, 0.5) is 0 Å². The van der Waals surface area contributed by atoms with E-state index >= 15 is 0 Å². The molecular weight excluding hydrogens is 164 g/mol. The molecule has 1 aromatic heterocycles. The molecule has 0 aromatic carbocycles. The van der Waals surface area contributed by atoms with Gasteiger partial charge in [-0.3, -0.25) is 0 Å². The van der Waals surface area contributed by atoms with Crippen molar-refractivity contribution >= 4 is 11.3 Å². The molecule has 0 aliphatic heterocycles. The quantitative estimate of drug-likeness (QED) is 0.475. The Bertz CT molecular complexity index is 136. The molecule has 0 nitrogen and oxygen atoms in total. The third kappa shape index (κ3) is 9.44. The minimum absolute atomic E-state index is 1.19. The molecule has 0 bridgehead atoms. The van der Waals surface area contributed by atoms with Crippen LogP contribution in [0.15, 0.2) is 35.5 Å². The van der Waals surface area contributed by atoms with Crippen LogP contribution < -0.4 is 0 Å². The highest BCUT2D eigenvalue weighted by Gasteiger charge is 1.77. The molecule has 0 saturated heterocycles. The van der Waals surface area contributed by atoms with Gasteiger partial charge < -0.3 is 0 Å². The van der Waals surface area contributed by atoms with Gasteiger partial charge >= 0.3 is 0 Å². The van der Waals surface area contributed by atoms with E-state index in [0.29, 0.717) is 0 Å². The Morgan fingerprint density at radius 2 is 1.92 bits per heavy atom. The molecule has 1 rings (SSSR count). The minimum Gasteiger partial charge on any atom is -0.152 e. The zero-order valence-electron chi connectivity index (χ0n) is 7.83. The van der Waals surface area contributed by atoms with E-state index in [2.05, 4.69) is 13.5 Å². The first-order chi connectivity index (χ1) is 5.91. The Morgan fingerprint density at radius 1 is 1.25 bits per heavy atom. The molecule has 0 radical (unpaired) electrons. The number of allylic oxidation sites excluding steroid dienone is 1. The van der Waals surface area contributed by atoms with Crippen LogP contribution in [0.3, 0.4) is 0 Å². The lowest BCUT2D eigenvalue weighted by atomic mass is 10.2. The van der Waals surface area contributed by atoms with E-state index in [4.69, 9.17) is 0 Å². The molecule has 68 valence electrons. The molecule has 0 aliphatic carbocycles. The van der Waals surface area contributed by atoms with E-state index in [1.165, 1.54) is 25.7 Å². The van der Waals surface area contributed by atoms with E-state index in [-0.39, 0.29) is 0 Å². The third-order valence-corrected chi connectivity index (χ3v) is 2.07. The number of hydrogen-bond donors (Lipinski definition) is 0. The van der Waals surface area contributed by atoms with Gasteiger partial charge in [0, 0.05) is 0 Å². The summed E-state index contributed by atoms with van der Waals surface area (Å²) in [6.07, 6.45) is 7.16. The second-order valence-corrected chi connectivity index (χ2v) is 3.39. The van der Waals surface area contributed by atoms with Crippen molar-refractivity contribution < 1.29 is 0 Å². The molecule has 0 aliphatic rings. The van der Waals surface area contributed by atoms with Crippen LogP contribution in [-0.2, 0) is 0 Å².